The van der Waals surface area contributed by atoms with Gasteiger partial charge in [-0.3, -0.25) is 9.59 Å². The number of carbonyl (C=O) groups is 2. The maximum absolute atomic E-state index is 13.7. The van der Waals surface area contributed by atoms with E-state index in [1.54, 1.807) is 36.4 Å². The summed E-state index contributed by atoms with van der Waals surface area (Å²) in [6.07, 6.45) is 8.73. The Kier molecular flexibility index (Phi) is 8.06. The van der Waals surface area contributed by atoms with Crippen LogP contribution in [0.3, 0.4) is 0 Å². The summed E-state index contributed by atoms with van der Waals surface area (Å²) in [4.78, 5) is 24.5. The lowest BCUT2D eigenvalue weighted by molar-refractivity contribution is -0.137. The largest absolute Gasteiger partial charge is 0.481 e. The number of nitrogens with one attached hydrogen (secondary N) is 1. The molecule has 40 heavy (non-hydrogen) atoms. The molecule has 3 aliphatic rings. The summed E-state index contributed by atoms with van der Waals surface area (Å²) in [6, 6.07) is 13.0. The maximum Gasteiger partial charge on any atom is 0.339 e. The minimum absolute atomic E-state index is 0.0315. The van der Waals surface area contributed by atoms with Crippen molar-refractivity contribution in [1.82, 2.24) is 5.32 Å². The topological polar surface area (TPSA) is 110 Å². The number of unbranched alkanes of at least 4 members (excludes halogenated alkanes) is 1. The molecular formula is C31H35NO6S2. The number of rotatable bonds is 11. The Hall–Kier alpha value is -3.17. The molecule has 3 saturated carbocycles. The van der Waals surface area contributed by atoms with Crippen LogP contribution in [0.15, 0.2) is 71.0 Å². The molecule has 4 atom stereocenters. The average molecular weight is 582 g/mol. The first-order valence-corrected chi connectivity index (χ1v) is 16.0. The third-order valence-corrected chi connectivity index (χ3v) is 11.0. The van der Waals surface area contributed by atoms with Crippen LogP contribution in [0.5, 0.6) is 5.75 Å². The van der Waals surface area contributed by atoms with E-state index in [1.807, 2.05) is 5.38 Å². The van der Waals surface area contributed by atoms with Crippen molar-refractivity contribution in [2.45, 2.75) is 63.3 Å². The third-order valence-electron chi connectivity index (χ3n) is 8.77. The summed E-state index contributed by atoms with van der Waals surface area (Å²) >= 11 is 1.44. The lowest BCUT2D eigenvalue weighted by Crippen LogP contribution is -2.63. The zero-order valence-electron chi connectivity index (χ0n) is 22.7. The van der Waals surface area contributed by atoms with E-state index in [2.05, 4.69) is 31.3 Å². The number of hydrogen-bond acceptors (Lipinski definition) is 6. The van der Waals surface area contributed by atoms with Gasteiger partial charge < -0.3 is 14.6 Å². The van der Waals surface area contributed by atoms with E-state index < -0.39 is 16.1 Å². The summed E-state index contributed by atoms with van der Waals surface area (Å²) in [7, 11) is -3.99. The minimum atomic E-state index is -3.99. The molecule has 1 amide bonds. The van der Waals surface area contributed by atoms with E-state index in [0.717, 1.165) is 30.4 Å². The molecule has 212 valence electrons. The number of fused-ring (bicyclic) bond motifs is 3. The second-order valence-electron chi connectivity index (χ2n) is 11.5. The molecule has 6 rings (SSSR count). The summed E-state index contributed by atoms with van der Waals surface area (Å²) < 4.78 is 31.8. The second kappa shape index (κ2) is 11.4. The van der Waals surface area contributed by atoms with E-state index in [0.29, 0.717) is 35.1 Å². The quantitative estimate of drug-likeness (QED) is 0.149. The SMILES string of the molecule is CC1(C)[C@H]2C[C@@H](C/C=C\CCCC(=O)O)C(NC(=O)c3csc4ccc(OS(=O)(=O)c5ccccc5)cc34)[C@@H]1C2. The molecule has 7 nitrogen and oxygen atoms in total. The first-order chi connectivity index (χ1) is 19.1. The van der Waals surface area contributed by atoms with Crippen LogP contribution in [0, 0.1) is 23.2 Å². The molecule has 2 N–H and O–H groups in total. The van der Waals surface area contributed by atoms with Gasteiger partial charge in [0.15, 0.2) is 0 Å². The van der Waals surface area contributed by atoms with Gasteiger partial charge in [-0.1, -0.05) is 44.2 Å². The van der Waals surface area contributed by atoms with Crippen LogP contribution in [0.4, 0.5) is 0 Å². The molecule has 9 heteroatoms. The molecule has 2 aromatic carbocycles. The van der Waals surface area contributed by atoms with E-state index in [9.17, 15) is 18.0 Å². The molecule has 1 heterocycles. The molecular weight excluding hydrogens is 546 g/mol. The van der Waals surface area contributed by atoms with E-state index in [-0.39, 0.29) is 34.4 Å². The number of aliphatic carboxylic acids is 1. The lowest BCUT2D eigenvalue weighted by Gasteiger charge is -2.62. The van der Waals surface area contributed by atoms with Crippen LogP contribution < -0.4 is 9.50 Å². The summed E-state index contributed by atoms with van der Waals surface area (Å²) in [5.74, 6) is 0.579. The van der Waals surface area contributed by atoms with Gasteiger partial charge in [0.25, 0.3) is 5.91 Å². The fraction of sp³-hybridized carbons (Fsp3) is 0.419. The molecule has 1 unspecified atom stereocenters. The Balaban J connectivity index is 1.32. The Morgan fingerprint density at radius 1 is 1.12 bits per heavy atom. The van der Waals surface area contributed by atoms with Gasteiger partial charge in [-0.15, -0.1) is 11.3 Å². The maximum atomic E-state index is 13.7. The van der Waals surface area contributed by atoms with Crippen LogP contribution in [-0.2, 0) is 14.9 Å². The highest BCUT2D eigenvalue weighted by Gasteiger charge is 2.57. The number of carbonyl (C=O) groups excluding carboxylic acids is 1. The molecule has 0 saturated heterocycles. The lowest BCUT2D eigenvalue weighted by atomic mass is 9.44. The standard InChI is InChI=1S/C31H35NO6S2/c1-31(2)21-16-20(10-6-3-4-9-13-28(33)34)29(26(31)17-21)32-30(35)25-19-39-27-15-14-22(18-24(25)27)38-40(36,37)23-11-7-5-8-12-23/h3,5-8,11-12,14-15,18-21,26,29H,4,9-10,13,16-17H2,1-2H3,(H,32,35)(H,33,34)/b6-3-/t20-,21+,26+,29?/m1/s1. The summed E-state index contributed by atoms with van der Waals surface area (Å²) in [5, 5.41) is 14.7. The average Bonchev–Trinajstić information content (AvgIpc) is 3.34. The molecule has 3 fully saturated rings. The Morgan fingerprint density at radius 2 is 1.90 bits per heavy atom. The monoisotopic (exact) mass is 581 g/mol. The van der Waals surface area contributed by atoms with Crippen molar-refractivity contribution in [3.63, 3.8) is 0 Å². The molecule has 3 aromatic rings. The van der Waals surface area contributed by atoms with Gasteiger partial charge in [0, 0.05) is 27.9 Å². The van der Waals surface area contributed by atoms with Crippen molar-refractivity contribution in [2.24, 2.45) is 23.2 Å². The van der Waals surface area contributed by atoms with Gasteiger partial charge in [-0.2, -0.15) is 8.42 Å². The van der Waals surface area contributed by atoms with Crippen molar-refractivity contribution in [2.75, 3.05) is 0 Å². The first kappa shape index (κ1) is 28.4. The second-order valence-corrected chi connectivity index (χ2v) is 14.0. The highest BCUT2D eigenvalue weighted by Crippen LogP contribution is 2.61. The zero-order chi connectivity index (χ0) is 28.5. The van der Waals surface area contributed by atoms with Crippen LogP contribution in [-0.4, -0.2) is 31.4 Å². The van der Waals surface area contributed by atoms with Gasteiger partial charge in [0.2, 0.25) is 0 Å². The Bertz CT molecular complexity index is 1530. The zero-order valence-corrected chi connectivity index (χ0v) is 24.3. The Morgan fingerprint density at radius 3 is 2.62 bits per heavy atom. The number of allylic oxidation sites excluding steroid dienone is 2. The van der Waals surface area contributed by atoms with E-state index in [4.69, 9.17) is 9.29 Å². The molecule has 1 aromatic heterocycles. The molecule has 2 bridgehead atoms. The van der Waals surface area contributed by atoms with Crippen molar-refractivity contribution < 1.29 is 27.3 Å². The summed E-state index contributed by atoms with van der Waals surface area (Å²) in [6.45, 7) is 4.58. The molecule has 0 aliphatic heterocycles. The smallest absolute Gasteiger partial charge is 0.339 e. The van der Waals surface area contributed by atoms with Gasteiger partial charge >= 0.3 is 16.1 Å². The highest BCUT2D eigenvalue weighted by atomic mass is 32.2. The third kappa shape index (κ3) is 5.81. The normalized spacial score (nSPS) is 23.6. The molecule has 3 aliphatic carbocycles. The number of benzene rings is 2. The van der Waals surface area contributed by atoms with E-state index >= 15 is 0 Å². The van der Waals surface area contributed by atoms with Crippen molar-refractivity contribution in [3.8, 4) is 5.75 Å². The number of thiophene rings is 1. The summed E-state index contributed by atoms with van der Waals surface area (Å²) in [5.41, 5.74) is 0.688. The number of amides is 1. The van der Waals surface area contributed by atoms with Gasteiger partial charge in [0.1, 0.15) is 10.6 Å². The Labute approximate surface area is 239 Å². The number of hydrogen-bond donors (Lipinski definition) is 2. The predicted octanol–water partition coefficient (Wildman–Crippen LogP) is 6.65. The number of carboxylic acids is 1. The number of carboxylic acid groups (broad SMARTS) is 1. The van der Waals surface area contributed by atoms with Crippen molar-refractivity contribution >= 4 is 43.4 Å². The van der Waals surface area contributed by atoms with Crippen LogP contribution in [0.25, 0.3) is 10.1 Å². The first-order valence-electron chi connectivity index (χ1n) is 13.7. The predicted molar refractivity (Wildman–Crippen MR) is 156 cm³/mol. The van der Waals surface area contributed by atoms with Crippen molar-refractivity contribution in [1.29, 1.82) is 0 Å². The van der Waals surface area contributed by atoms with Gasteiger partial charge in [0.05, 0.1) is 5.56 Å². The van der Waals surface area contributed by atoms with Crippen LogP contribution >= 0.6 is 11.3 Å². The minimum Gasteiger partial charge on any atom is -0.481 e. The van der Waals surface area contributed by atoms with Crippen molar-refractivity contribution in [3.05, 3.63) is 71.6 Å². The fourth-order valence-corrected chi connectivity index (χ4v) is 8.22. The molecule has 0 radical (unpaired) electrons. The highest BCUT2D eigenvalue weighted by molar-refractivity contribution is 7.87. The van der Waals surface area contributed by atoms with Crippen LogP contribution in [0.1, 0.15) is 62.7 Å². The van der Waals surface area contributed by atoms with E-state index in [1.165, 1.54) is 23.5 Å². The van der Waals surface area contributed by atoms with Gasteiger partial charge in [-0.05, 0) is 85.6 Å². The fourth-order valence-electron chi connectivity index (χ4n) is 6.35. The molecule has 0 spiro atoms. The van der Waals surface area contributed by atoms with Crippen LogP contribution in [0.2, 0.25) is 0 Å². The van der Waals surface area contributed by atoms with Gasteiger partial charge in [-0.25, -0.2) is 0 Å².